The van der Waals surface area contributed by atoms with Crippen LogP contribution in [0.4, 0.5) is 0 Å². The van der Waals surface area contributed by atoms with Crippen molar-refractivity contribution in [2.24, 2.45) is 0 Å². The lowest BCUT2D eigenvalue weighted by Gasteiger charge is -2.05. The van der Waals surface area contributed by atoms with E-state index in [1.807, 2.05) is 0 Å². The van der Waals surface area contributed by atoms with Crippen LogP contribution in [0, 0.1) is 0 Å². The van der Waals surface area contributed by atoms with Crippen molar-refractivity contribution in [3.8, 4) is 0 Å². The van der Waals surface area contributed by atoms with Gasteiger partial charge in [-0.25, -0.2) is 0 Å². The van der Waals surface area contributed by atoms with Crippen LogP contribution in [0.5, 0.6) is 0 Å². The lowest BCUT2D eigenvalue weighted by atomic mass is 10.5. The van der Waals surface area contributed by atoms with Gasteiger partial charge in [0, 0.05) is 13.2 Å². The van der Waals surface area contributed by atoms with Gasteiger partial charge in [-0.05, 0) is 13.0 Å². The van der Waals surface area contributed by atoms with Gasteiger partial charge in [0.2, 0.25) is 0 Å². The molecule has 0 rings (SSSR count). The van der Waals surface area contributed by atoms with Gasteiger partial charge in [0.1, 0.15) is 0 Å². The van der Waals surface area contributed by atoms with E-state index in [9.17, 15) is 0 Å². The van der Waals surface area contributed by atoms with Crippen molar-refractivity contribution in [3.63, 3.8) is 0 Å². The molecule has 0 heterocycles. The van der Waals surface area contributed by atoms with Crippen LogP contribution in [0.25, 0.3) is 0 Å². The summed E-state index contributed by atoms with van der Waals surface area (Å²) in [6, 6.07) is 0. The largest absolute Gasteiger partial charge is 0.394 e. The first-order chi connectivity index (χ1) is 5.91. The SMILES string of the molecule is CCCNCNCCOCCO. The zero-order valence-electron chi connectivity index (χ0n) is 7.81. The highest BCUT2D eigenvalue weighted by molar-refractivity contribution is 4.44. The van der Waals surface area contributed by atoms with Gasteiger partial charge in [-0.1, -0.05) is 6.92 Å². The molecule has 4 nitrogen and oxygen atoms in total. The third kappa shape index (κ3) is 9.84. The fourth-order valence-corrected chi connectivity index (χ4v) is 0.753. The molecule has 0 amide bonds. The van der Waals surface area contributed by atoms with Crippen molar-refractivity contribution in [3.05, 3.63) is 0 Å². The molecule has 0 atom stereocenters. The van der Waals surface area contributed by atoms with E-state index in [-0.39, 0.29) is 6.61 Å². The molecule has 0 fully saturated rings. The zero-order valence-corrected chi connectivity index (χ0v) is 7.81. The Hall–Kier alpha value is -0.160. The zero-order chi connectivity index (χ0) is 9.07. The highest BCUT2D eigenvalue weighted by atomic mass is 16.5. The number of ether oxygens (including phenoxy) is 1. The van der Waals surface area contributed by atoms with Crippen LogP contribution < -0.4 is 10.6 Å². The summed E-state index contributed by atoms with van der Waals surface area (Å²) in [4.78, 5) is 0. The molecule has 0 aromatic heterocycles. The molecule has 0 unspecified atom stereocenters. The molecule has 74 valence electrons. The summed E-state index contributed by atoms with van der Waals surface area (Å²) in [7, 11) is 0. The maximum absolute atomic E-state index is 8.38. The molecule has 0 aliphatic rings. The number of aliphatic hydroxyl groups is 1. The lowest BCUT2D eigenvalue weighted by Crippen LogP contribution is -2.31. The second-order valence-corrected chi connectivity index (χ2v) is 2.51. The molecule has 0 spiro atoms. The molecule has 0 aliphatic carbocycles. The van der Waals surface area contributed by atoms with E-state index in [4.69, 9.17) is 9.84 Å². The maximum Gasteiger partial charge on any atom is 0.0698 e. The van der Waals surface area contributed by atoms with Crippen molar-refractivity contribution >= 4 is 0 Å². The Morgan fingerprint density at radius 2 is 1.92 bits per heavy atom. The third-order valence-electron chi connectivity index (χ3n) is 1.34. The minimum atomic E-state index is 0.105. The third-order valence-corrected chi connectivity index (χ3v) is 1.34. The summed E-state index contributed by atoms with van der Waals surface area (Å²) >= 11 is 0. The predicted molar refractivity (Wildman–Crippen MR) is 49.1 cm³/mol. The number of hydrogen-bond donors (Lipinski definition) is 3. The van der Waals surface area contributed by atoms with Crippen LogP contribution in [0.2, 0.25) is 0 Å². The molecule has 0 saturated carbocycles. The minimum absolute atomic E-state index is 0.105. The molecule has 0 aliphatic heterocycles. The molecule has 0 aromatic carbocycles. The van der Waals surface area contributed by atoms with Gasteiger partial charge in [-0.15, -0.1) is 0 Å². The van der Waals surface area contributed by atoms with Crippen molar-refractivity contribution in [1.29, 1.82) is 0 Å². The number of aliphatic hydroxyl groups excluding tert-OH is 1. The summed E-state index contributed by atoms with van der Waals surface area (Å²) in [6.07, 6.45) is 1.16. The van der Waals surface area contributed by atoms with Gasteiger partial charge >= 0.3 is 0 Å². The van der Waals surface area contributed by atoms with Crippen LogP contribution in [0.3, 0.4) is 0 Å². The summed E-state index contributed by atoms with van der Waals surface area (Å²) in [5, 5.41) is 14.8. The number of nitrogens with one attached hydrogen (secondary N) is 2. The standard InChI is InChI=1S/C8H20N2O2/c1-2-3-9-8-10-4-6-12-7-5-11/h9-11H,2-8H2,1H3. The minimum Gasteiger partial charge on any atom is -0.394 e. The fourth-order valence-electron chi connectivity index (χ4n) is 0.753. The molecule has 4 heteroatoms. The van der Waals surface area contributed by atoms with E-state index in [0.717, 1.165) is 26.2 Å². The average Bonchev–Trinajstić information content (AvgIpc) is 2.10. The van der Waals surface area contributed by atoms with Crippen LogP contribution >= 0.6 is 0 Å². The van der Waals surface area contributed by atoms with Crippen LogP contribution in [-0.2, 0) is 4.74 Å². The first-order valence-corrected chi connectivity index (χ1v) is 4.51. The van der Waals surface area contributed by atoms with E-state index in [1.165, 1.54) is 0 Å². The van der Waals surface area contributed by atoms with Crippen LogP contribution in [0.15, 0.2) is 0 Å². The van der Waals surface area contributed by atoms with Gasteiger partial charge < -0.3 is 20.5 Å². The molecular formula is C8H20N2O2. The second kappa shape index (κ2) is 10.8. The quantitative estimate of drug-likeness (QED) is 0.329. The Morgan fingerprint density at radius 3 is 2.58 bits per heavy atom. The van der Waals surface area contributed by atoms with E-state index < -0.39 is 0 Å². The molecule has 3 N–H and O–H groups in total. The van der Waals surface area contributed by atoms with Gasteiger partial charge in [-0.3, -0.25) is 0 Å². The first-order valence-electron chi connectivity index (χ1n) is 4.51. The van der Waals surface area contributed by atoms with E-state index in [1.54, 1.807) is 0 Å². The molecular weight excluding hydrogens is 156 g/mol. The molecule has 0 saturated heterocycles. The molecule has 12 heavy (non-hydrogen) atoms. The van der Waals surface area contributed by atoms with Crippen molar-refractivity contribution in [2.45, 2.75) is 13.3 Å². The predicted octanol–water partition coefficient (Wildman–Crippen LogP) is -0.458. The fraction of sp³-hybridized carbons (Fsp3) is 1.00. The molecule has 0 bridgehead atoms. The number of hydrogen-bond acceptors (Lipinski definition) is 4. The van der Waals surface area contributed by atoms with Gasteiger partial charge in [0.05, 0.1) is 19.8 Å². The van der Waals surface area contributed by atoms with Gasteiger partial charge in [-0.2, -0.15) is 0 Å². The highest BCUT2D eigenvalue weighted by Crippen LogP contribution is 1.71. The average molecular weight is 176 g/mol. The summed E-state index contributed by atoms with van der Waals surface area (Å²) in [5.74, 6) is 0. The number of rotatable bonds is 9. The van der Waals surface area contributed by atoms with E-state index in [0.29, 0.717) is 13.2 Å². The van der Waals surface area contributed by atoms with E-state index in [2.05, 4.69) is 17.6 Å². The summed E-state index contributed by atoms with van der Waals surface area (Å²) in [5.41, 5.74) is 0. The van der Waals surface area contributed by atoms with Crippen molar-refractivity contribution < 1.29 is 9.84 Å². The monoisotopic (exact) mass is 176 g/mol. The van der Waals surface area contributed by atoms with Crippen molar-refractivity contribution in [1.82, 2.24) is 10.6 Å². The van der Waals surface area contributed by atoms with Crippen LogP contribution in [0.1, 0.15) is 13.3 Å². The van der Waals surface area contributed by atoms with Gasteiger partial charge in [0.25, 0.3) is 0 Å². The topological polar surface area (TPSA) is 53.5 Å². The van der Waals surface area contributed by atoms with Crippen LogP contribution in [-0.4, -0.2) is 44.7 Å². The maximum atomic E-state index is 8.38. The second-order valence-electron chi connectivity index (χ2n) is 2.51. The Morgan fingerprint density at radius 1 is 1.17 bits per heavy atom. The summed E-state index contributed by atoms with van der Waals surface area (Å²) in [6.45, 7) is 6.04. The van der Waals surface area contributed by atoms with Gasteiger partial charge in [0.15, 0.2) is 0 Å². The Kier molecular flexibility index (Phi) is 10.7. The van der Waals surface area contributed by atoms with E-state index >= 15 is 0 Å². The highest BCUT2D eigenvalue weighted by Gasteiger charge is 1.86. The summed E-state index contributed by atoms with van der Waals surface area (Å²) < 4.78 is 5.05. The first kappa shape index (κ1) is 11.8. The normalized spacial score (nSPS) is 10.5. The Labute approximate surface area is 74.3 Å². The lowest BCUT2D eigenvalue weighted by molar-refractivity contribution is 0.0937. The Bertz CT molecular complexity index is 71.5. The molecule has 0 aromatic rings. The van der Waals surface area contributed by atoms with Crippen molar-refractivity contribution in [2.75, 3.05) is 39.6 Å². The Balaban J connectivity index is 2.73. The smallest absolute Gasteiger partial charge is 0.0698 e. The molecule has 0 radical (unpaired) electrons.